The van der Waals surface area contributed by atoms with E-state index >= 15 is 0 Å². The molecule has 0 radical (unpaired) electrons. The zero-order valence-electron chi connectivity index (χ0n) is 16.6. The molecule has 1 fully saturated rings. The number of hydrogen-bond acceptors (Lipinski definition) is 8. The van der Waals surface area contributed by atoms with Crippen LogP contribution >= 0.6 is 23.1 Å². The Morgan fingerprint density at radius 3 is 2.69 bits per heavy atom. The fourth-order valence-electron chi connectivity index (χ4n) is 3.67. The molecule has 29 heavy (non-hydrogen) atoms. The molecule has 1 atom stereocenters. The number of carbonyl (C=O) groups excluding carboxylic acids is 2. The molecule has 0 aliphatic carbocycles. The third kappa shape index (κ3) is 5.48. The smallest absolute Gasteiger partial charge is 0.225 e. The Hall–Kier alpha value is -2.13. The van der Waals surface area contributed by atoms with Crippen molar-refractivity contribution in [2.75, 3.05) is 18.8 Å². The largest absolute Gasteiger partial charge is 0.383 e. The summed E-state index contributed by atoms with van der Waals surface area (Å²) in [6.45, 7) is 4.97. The van der Waals surface area contributed by atoms with E-state index in [0.29, 0.717) is 41.5 Å². The maximum absolute atomic E-state index is 12.7. The second-order valence-corrected chi connectivity index (χ2v) is 8.52. The van der Waals surface area contributed by atoms with Crippen molar-refractivity contribution in [3.8, 4) is 0 Å². The van der Waals surface area contributed by atoms with Crippen molar-refractivity contribution < 1.29 is 9.59 Å². The molecule has 156 valence electrons. The summed E-state index contributed by atoms with van der Waals surface area (Å²) < 4.78 is 3.70. The van der Waals surface area contributed by atoms with Crippen LogP contribution in [0.4, 0.5) is 5.82 Å². The summed E-state index contributed by atoms with van der Waals surface area (Å²) in [5.74, 6) is 1.05. The van der Waals surface area contributed by atoms with Gasteiger partial charge >= 0.3 is 0 Å². The van der Waals surface area contributed by atoms with Gasteiger partial charge in [-0.15, -0.1) is 5.10 Å². The fourth-order valence-corrected chi connectivity index (χ4v) is 4.45. The van der Waals surface area contributed by atoms with Gasteiger partial charge in [0.1, 0.15) is 22.5 Å². The van der Waals surface area contributed by atoms with Crippen molar-refractivity contribution in [2.45, 2.75) is 46.0 Å². The molecule has 2 aromatic rings. The number of ketones is 1. The van der Waals surface area contributed by atoms with E-state index in [1.54, 1.807) is 19.2 Å². The number of rotatable bonds is 7. The molecule has 8 nitrogen and oxygen atoms in total. The van der Waals surface area contributed by atoms with Crippen LogP contribution in [0.5, 0.6) is 0 Å². The van der Waals surface area contributed by atoms with Gasteiger partial charge in [-0.25, -0.2) is 9.97 Å². The zero-order valence-corrected chi connectivity index (χ0v) is 18.2. The number of anilines is 1. The quantitative estimate of drug-likeness (QED) is 0.524. The molecule has 0 spiro atoms. The molecule has 1 aliphatic heterocycles. The number of aromatic nitrogens is 4. The lowest BCUT2D eigenvalue weighted by Gasteiger charge is -2.33. The molecule has 2 aromatic heterocycles. The van der Waals surface area contributed by atoms with Crippen LogP contribution in [-0.2, 0) is 11.2 Å². The molecule has 1 aliphatic rings. The van der Waals surface area contributed by atoms with Crippen molar-refractivity contribution in [3.05, 3.63) is 27.6 Å². The number of amides is 1. The molecule has 0 aromatic carbocycles. The van der Waals surface area contributed by atoms with E-state index in [2.05, 4.69) is 19.6 Å². The number of aryl methyl sites for hydroxylation is 1. The Kier molecular flexibility index (Phi) is 7.13. The van der Waals surface area contributed by atoms with Crippen LogP contribution in [0.2, 0.25) is 5.15 Å². The van der Waals surface area contributed by atoms with Crippen LogP contribution in [-0.4, -0.2) is 49.2 Å². The SMILES string of the molecule is Cc1nc(N)c(CCC2CCN(C(=O)[C@H](C)CC(=O)c3csnn3)CC2)c(Cl)n1. The Morgan fingerprint density at radius 1 is 1.34 bits per heavy atom. The Bertz CT molecular complexity index is 845. The van der Waals surface area contributed by atoms with Crippen LogP contribution < -0.4 is 5.73 Å². The van der Waals surface area contributed by atoms with Gasteiger partial charge in [-0.2, -0.15) is 0 Å². The summed E-state index contributed by atoms with van der Waals surface area (Å²) in [4.78, 5) is 35.1. The van der Waals surface area contributed by atoms with E-state index in [4.69, 9.17) is 17.3 Å². The molecule has 1 amide bonds. The van der Waals surface area contributed by atoms with Crippen LogP contribution in [0.1, 0.15) is 54.5 Å². The first-order valence-electron chi connectivity index (χ1n) is 9.72. The predicted octanol–water partition coefficient (Wildman–Crippen LogP) is 2.95. The zero-order chi connectivity index (χ0) is 21.0. The summed E-state index contributed by atoms with van der Waals surface area (Å²) >= 11 is 7.35. The van der Waals surface area contributed by atoms with E-state index < -0.39 is 0 Å². The number of hydrogen-bond donors (Lipinski definition) is 1. The van der Waals surface area contributed by atoms with E-state index in [1.165, 1.54) is 0 Å². The van der Waals surface area contributed by atoms with Crippen molar-refractivity contribution >= 4 is 40.6 Å². The molecule has 10 heteroatoms. The minimum Gasteiger partial charge on any atom is -0.383 e. The van der Waals surface area contributed by atoms with Crippen LogP contribution in [0.3, 0.4) is 0 Å². The molecule has 3 heterocycles. The monoisotopic (exact) mass is 436 g/mol. The highest BCUT2D eigenvalue weighted by Crippen LogP contribution is 2.27. The summed E-state index contributed by atoms with van der Waals surface area (Å²) in [6, 6.07) is 0. The predicted molar refractivity (Wildman–Crippen MR) is 112 cm³/mol. The Labute approximate surface area is 179 Å². The maximum Gasteiger partial charge on any atom is 0.225 e. The van der Waals surface area contributed by atoms with E-state index in [-0.39, 0.29) is 24.0 Å². The van der Waals surface area contributed by atoms with Gasteiger partial charge in [0.05, 0.1) is 0 Å². The van der Waals surface area contributed by atoms with Gasteiger partial charge in [-0.05, 0) is 50.1 Å². The molecule has 0 saturated carbocycles. The van der Waals surface area contributed by atoms with Crippen LogP contribution in [0.15, 0.2) is 5.38 Å². The molecule has 0 bridgehead atoms. The van der Waals surface area contributed by atoms with E-state index in [9.17, 15) is 9.59 Å². The Morgan fingerprint density at radius 2 is 2.07 bits per heavy atom. The first kappa shape index (κ1) is 21.6. The van der Waals surface area contributed by atoms with Gasteiger partial charge in [0.25, 0.3) is 0 Å². The van der Waals surface area contributed by atoms with Crippen molar-refractivity contribution in [2.24, 2.45) is 11.8 Å². The van der Waals surface area contributed by atoms with E-state index in [1.807, 2.05) is 4.90 Å². The van der Waals surface area contributed by atoms with Crippen LogP contribution in [0, 0.1) is 18.8 Å². The Balaban J connectivity index is 1.46. The lowest BCUT2D eigenvalue weighted by Crippen LogP contribution is -2.41. The first-order valence-corrected chi connectivity index (χ1v) is 10.9. The standard InChI is InChI=1S/C19H25ClN6O2S/c1-11(9-16(27)15-10-29-25-24-15)19(28)26-7-5-13(6-8-26)3-4-14-17(20)22-12(2)23-18(14)21/h10-11,13H,3-9H2,1-2H3,(H2,21,22,23)/t11-/m1/s1. The second kappa shape index (κ2) is 9.58. The first-order chi connectivity index (χ1) is 13.8. The lowest BCUT2D eigenvalue weighted by atomic mass is 9.90. The second-order valence-electron chi connectivity index (χ2n) is 7.55. The van der Waals surface area contributed by atoms with Crippen molar-refractivity contribution in [1.82, 2.24) is 24.5 Å². The fraction of sp³-hybridized carbons (Fsp3) is 0.579. The number of nitrogens with zero attached hydrogens (tertiary/aromatic N) is 5. The molecular weight excluding hydrogens is 412 g/mol. The van der Waals surface area contributed by atoms with Crippen LogP contribution in [0.25, 0.3) is 0 Å². The van der Waals surface area contributed by atoms with Gasteiger partial charge in [0.2, 0.25) is 5.91 Å². The summed E-state index contributed by atoms with van der Waals surface area (Å²) in [6.07, 6.45) is 3.67. The summed E-state index contributed by atoms with van der Waals surface area (Å²) in [5, 5.41) is 5.82. The minimum atomic E-state index is -0.357. The lowest BCUT2D eigenvalue weighted by molar-refractivity contribution is -0.136. The number of Topliss-reactive ketones (excluding diaryl/α,β-unsaturated/α-hetero) is 1. The van der Waals surface area contributed by atoms with Gasteiger partial charge in [-0.1, -0.05) is 23.0 Å². The summed E-state index contributed by atoms with van der Waals surface area (Å²) in [7, 11) is 0. The highest BCUT2D eigenvalue weighted by molar-refractivity contribution is 7.03. The van der Waals surface area contributed by atoms with Crippen molar-refractivity contribution in [1.29, 1.82) is 0 Å². The molecule has 2 N–H and O–H groups in total. The molecule has 1 saturated heterocycles. The normalized spacial score (nSPS) is 16.0. The number of nitrogens with two attached hydrogens (primary N) is 1. The van der Waals surface area contributed by atoms with Gasteiger partial charge in [-0.3, -0.25) is 9.59 Å². The topological polar surface area (TPSA) is 115 Å². The third-order valence-corrected chi connectivity index (χ3v) is 6.21. The number of piperidine rings is 1. The van der Waals surface area contributed by atoms with Gasteiger partial charge in [0, 0.05) is 36.4 Å². The summed E-state index contributed by atoms with van der Waals surface area (Å²) in [5.41, 5.74) is 7.13. The molecular formula is C19H25ClN6O2S. The van der Waals surface area contributed by atoms with Crippen molar-refractivity contribution in [3.63, 3.8) is 0 Å². The average molecular weight is 437 g/mol. The highest BCUT2D eigenvalue weighted by atomic mass is 35.5. The van der Waals surface area contributed by atoms with Gasteiger partial charge < -0.3 is 10.6 Å². The number of nitrogen functional groups attached to an aromatic ring is 1. The number of carbonyl (C=O) groups is 2. The molecule has 0 unspecified atom stereocenters. The average Bonchev–Trinajstić information content (AvgIpc) is 3.22. The molecule has 3 rings (SSSR count). The van der Waals surface area contributed by atoms with Gasteiger partial charge in [0.15, 0.2) is 5.78 Å². The minimum absolute atomic E-state index is 0.0270. The number of halogens is 1. The highest BCUT2D eigenvalue weighted by Gasteiger charge is 2.28. The number of likely N-dealkylation sites (tertiary alicyclic amines) is 1. The maximum atomic E-state index is 12.7. The van der Waals surface area contributed by atoms with E-state index in [0.717, 1.165) is 42.8 Å². The third-order valence-electron chi connectivity index (χ3n) is 5.39.